The maximum absolute atomic E-state index is 8.31. The molecule has 1 heterocycles. The van der Waals surface area contributed by atoms with Gasteiger partial charge >= 0.3 is 0 Å². The third-order valence-electron chi connectivity index (χ3n) is 0.853. The monoisotopic (exact) mass is 146 g/mol. The average molecular weight is 146 g/mol. The van der Waals surface area contributed by atoms with Crippen molar-refractivity contribution in [2.45, 2.75) is 0 Å². The van der Waals surface area contributed by atoms with Gasteiger partial charge in [-0.3, -0.25) is 0 Å². The van der Waals surface area contributed by atoms with E-state index in [0.29, 0.717) is 0 Å². The molecule has 0 saturated heterocycles. The van der Waals surface area contributed by atoms with Crippen molar-refractivity contribution in [1.29, 1.82) is 10.5 Å². The molecule has 1 aromatic rings. The van der Waals surface area contributed by atoms with Crippen LogP contribution in [0.3, 0.4) is 0 Å². The zero-order valence-electron chi connectivity index (χ0n) is 5.31. The minimum atomic E-state index is -0.144. The number of nitrogen functional groups attached to an aromatic ring is 1. The van der Waals surface area contributed by atoms with Gasteiger partial charge in [0.15, 0.2) is 0 Å². The van der Waals surface area contributed by atoms with Crippen LogP contribution in [0.5, 0.6) is 0 Å². The van der Waals surface area contributed by atoms with Crippen LogP contribution < -0.4 is 5.73 Å². The molecular weight excluding hydrogens is 144 g/mol. The van der Waals surface area contributed by atoms with Crippen molar-refractivity contribution >= 4 is 5.95 Å². The largest absolute Gasteiger partial charge is 0.368 e. The van der Waals surface area contributed by atoms with E-state index in [0.717, 1.165) is 0 Å². The lowest BCUT2D eigenvalue weighted by molar-refractivity contribution is 1.00. The molecule has 11 heavy (non-hydrogen) atoms. The van der Waals surface area contributed by atoms with E-state index in [2.05, 4.69) is 15.0 Å². The Hall–Kier alpha value is -2.21. The number of nitrogens with zero attached hydrogens (tertiary/aromatic N) is 5. The van der Waals surface area contributed by atoms with Crippen LogP contribution in [-0.4, -0.2) is 15.0 Å². The lowest BCUT2D eigenvalue weighted by Gasteiger charge is -1.90. The lowest BCUT2D eigenvalue weighted by atomic mass is 10.6. The molecule has 0 fully saturated rings. The van der Waals surface area contributed by atoms with Crippen molar-refractivity contribution in [2.24, 2.45) is 0 Å². The molecule has 0 aliphatic heterocycles. The molecule has 0 aliphatic carbocycles. The summed E-state index contributed by atoms with van der Waals surface area (Å²) in [7, 11) is 0. The minimum absolute atomic E-state index is 0.117. The Morgan fingerprint density at radius 3 is 1.82 bits per heavy atom. The molecule has 0 bridgehead atoms. The standard InChI is InChI=1S/C5H2N6/c6-1-3-9-4(2-7)11-5(8)10-3/h(H2,8,9,10,11). The number of anilines is 1. The van der Waals surface area contributed by atoms with Crippen LogP contribution in [0.4, 0.5) is 5.95 Å². The first-order valence-electron chi connectivity index (χ1n) is 2.58. The molecule has 0 saturated carbocycles. The van der Waals surface area contributed by atoms with Crippen molar-refractivity contribution in [3.8, 4) is 12.1 Å². The first-order chi connectivity index (χ1) is 5.26. The quantitative estimate of drug-likeness (QED) is 0.512. The van der Waals surface area contributed by atoms with Crippen LogP contribution in [-0.2, 0) is 0 Å². The van der Waals surface area contributed by atoms with Crippen LogP contribution >= 0.6 is 0 Å². The molecule has 6 heteroatoms. The molecule has 0 amide bonds. The van der Waals surface area contributed by atoms with Gasteiger partial charge in [0.2, 0.25) is 17.6 Å². The number of hydrogen-bond donors (Lipinski definition) is 1. The first-order valence-corrected chi connectivity index (χ1v) is 2.58. The molecule has 52 valence electrons. The number of aromatic nitrogens is 3. The fraction of sp³-hybridized carbons (Fsp3) is 0. The van der Waals surface area contributed by atoms with Gasteiger partial charge in [-0.1, -0.05) is 0 Å². The molecule has 2 N–H and O–H groups in total. The van der Waals surface area contributed by atoms with E-state index in [1.807, 2.05) is 0 Å². The third-order valence-corrected chi connectivity index (χ3v) is 0.853. The molecular formula is C5H2N6. The van der Waals surface area contributed by atoms with Gasteiger partial charge in [-0.15, -0.1) is 0 Å². The molecule has 0 aliphatic rings. The fourth-order valence-corrected chi connectivity index (χ4v) is 0.492. The predicted octanol–water partition coefficient (Wildman–Crippen LogP) is -0.803. The Morgan fingerprint density at radius 1 is 1.00 bits per heavy atom. The fourth-order valence-electron chi connectivity index (χ4n) is 0.492. The zero-order chi connectivity index (χ0) is 8.27. The van der Waals surface area contributed by atoms with E-state index in [9.17, 15) is 0 Å². The summed E-state index contributed by atoms with van der Waals surface area (Å²) in [4.78, 5) is 10.3. The molecule has 0 unspecified atom stereocenters. The van der Waals surface area contributed by atoms with E-state index in [-0.39, 0.29) is 17.6 Å². The van der Waals surface area contributed by atoms with Crippen molar-refractivity contribution in [3.63, 3.8) is 0 Å². The summed E-state index contributed by atoms with van der Waals surface area (Å²) in [5.41, 5.74) is 5.15. The van der Waals surface area contributed by atoms with Gasteiger partial charge in [-0.25, -0.2) is 0 Å². The summed E-state index contributed by atoms with van der Waals surface area (Å²) in [6.07, 6.45) is 0. The molecule has 0 atom stereocenters. The Bertz CT molecular complexity index is 324. The maximum atomic E-state index is 8.31. The summed E-state index contributed by atoms with van der Waals surface area (Å²) in [5, 5.41) is 16.6. The van der Waals surface area contributed by atoms with Crippen molar-refractivity contribution < 1.29 is 0 Å². The van der Waals surface area contributed by atoms with E-state index in [4.69, 9.17) is 16.3 Å². The van der Waals surface area contributed by atoms with Crippen molar-refractivity contribution in [3.05, 3.63) is 11.6 Å². The highest BCUT2D eigenvalue weighted by Gasteiger charge is 2.00. The highest BCUT2D eigenvalue weighted by atomic mass is 15.1. The van der Waals surface area contributed by atoms with Gasteiger partial charge in [0.1, 0.15) is 12.1 Å². The zero-order valence-corrected chi connectivity index (χ0v) is 5.31. The minimum Gasteiger partial charge on any atom is -0.368 e. The van der Waals surface area contributed by atoms with Crippen molar-refractivity contribution in [2.75, 3.05) is 5.73 Å². The molecule has 0 spiro atoms. The normalized spacial score (nSPS) is 8.18. The van der Waals surface area contributed by atoms with Gasteiger partial charge in [0, 0.05) is 0 Å². The Labute approximate surface area is 61.9 Å². The number of nitriles is 2. The lowest BCUT2D eigenvalue weighted by Crippen LogP contribution is -2.02. The van der Waals surface area contributed by atoms with Gasteiger partial charge in [-0.2, -0.15) is 25.5 Å². The molecule has 6 nitrogen and oxygen atoms in total. The van der Waals surface area contributed by atoms with Crippen LogP contribution in [0.15, 0.2) is 0 Å². The van der Waals surface area contributed by atoms with Crippen LogP contribution in [0, 0.1) is 22.7 Å². The number of nitrogens with two attached hydrogens (primary N) is 1. The number of hydrogen-bond acceptors (Lipinski definition) is 6. The van der Waals surface area contributed by atoms with Crippen LogP contribution in [0.2, 0.25) is 0 Å². The summed E-state index contributed by atoms with van der Waals surface area (Å²) >= 11 is 0. The second-order valence-corrected chi connectivity index (χ2v) is 1.56. The summed E-state index contributed by atoms with van der Waals surface area (Å²) in [6, 6.07) is 3.30. The topological polar surface area (TPSA) is 112 Å². The second-order valence-electron chi connectivity index (χ2n) is 1.56. The molecule has 0 radical (unpaired) electrons. The van der Waals surface area contributed by atoms with Gasteiger partial charge in [0.25, 0.3) is 0 Å². The summed E-state index contributed by atoms with van der Waals surface area (Å²) < 4.78 is 0. The Balaban J connectivity index is 3.28. The Kier molecular flexibility index (Phi) is 1.62. The summed E-state index contributed by atoms with van der Waals surface area (Å²) in [5.74, 6) is -0.406. The molecule has 1 aromatic heterocycles. The van der Waals surface area contributed by atoms with E-state index in [1.54, 1.807) is 12.1 Å². The van der Waals surface area contributed by atoms with Crippen molar-refractivity contribution in [1.82, 2.24) is 15.0 Å². The van der Waals surface area contributed by atoms with Gasteiger partial charge < -0.3 is 5.73 Å². The Morgan fingerprint density at radius 2 is 1.45 bits per heavy atom. The van der Waals surface area contributed by atoms with E-state index >= 15 is 0 Å². The predicted molar refractivity (Wildman–Crippen MR) is 33.7 cm³/mol. The molecule has 0 aromatic carbocycles. The summed E-state index contributed by atoms with van der Waals surface area (Å²) in [6.45, 7) is 0. The van der Waals surface area contributed by atoms with Gasteiger partial charge in [0.05, 0.1) is 0 Å². The third kappa shape index (κ3) is 1.37. The van der Waals surface area contributed by atoms with E-state index < -0.39 is 0 Å². The highest BCUT2D eigenvalue weighted by Crippen LogP contribution is 1.93. The average Bonchev–Trinajstić information content (AvgIpc) is 2.03. The second kappa shape index (κ2) is 2.58. The van der Waals surface area contributed by atoms with E-state index in [1.165, 1.54) is 0 Å². The van der Waals surface area contributed by atoms with Crippen LogP contribution in [0.25, 0.3) is 0 Å². The smallest absolute Gasteiger partial charge is 0.238 e. The molecule has 1 rings (SSSR count). The first kappa shape index (κ1) is 6.90. The van der Waals surface area contributed by atoms with Crippen LogP contribution in [0.1, 0.15) is 11.6 Å². The highest BCUT2D eigenvalue weighted by molar-refractivity contribution is 5.25. The number of rotatable bonds is 0. The van der Waals surface area contributed by atoms with Gasteiger partial charge in [-0.05, 0) is 0 Å². The maximum Gasteiger partial charge on any atom is 0.238 e. The SMILES string of the molecule is N#Cc1nc(N)nc(C#N)n1.